The number of hydroxylamine groups is 1. The van der Waals surface area contributed by atoms with Crippen LogP contribution in [0.2, 0.25) is 0 Å². The lowest BCUT2D eigenvalue weighted by Crippen LogP contribution is -2.58. The average Bonchev–Trinajstić information content (AvgIpc) is 2.59. The van der Waals surface area contributed by atoms with Crippen LogP contribution >= 0.6 is 0 Å². The molecule has 3 rings (SSSR count). The van der Waals surface area contributed by atoms with E-state index in [0.29, 0.717) is 19.6 Å². The summed E-state index contributed by atoms with van der Waals surface area (Å²) < 4.78 is 13.2. The molecule has 1 aliphatic carbocycles. The molecule has 0 aromatic heterocycles. The van der Waals surface area contributed by atoms with Gasteiger partial charge in [0.25, 0.3) is 0 Å². The van der Waals surface area contributed by atoms with Gasteiger partial charge in [0.15, 0.2) is 12.0 Å². The van der Waals surface area contributed by atoms with Crippen LogP contribution in [0.25, 0.3) is 0 Å². The van der Waals surface area contributed by atoms with E-state index in [1.165, 1.54) is 6.42 Å². The van der Waals surface area contributed by atoms with Crippen LogP contribution in [0.1, 0.15) is 44.1 Å². The number of hydrogen-bond donors (Lipinski definition) is 0. The quantitative estimate of drug-likeness (QED) is 0.280. The molecule has 1 heterocycles. The van der Waals surface area contributed by atoms with E-state index >= 15 is 0 Å². The van der Waals surface area contributed by atoms with Crippen molar-refractivity contribution in [2.75, 3.05) is 13.2 Å². The van der Waals surface area contributed by atoms with Crippen LogP contribution < -0.4 is 0 Å². The van der Waals surface area contributed by atoms with Crippen LogP contribution in [0, 0.1) is 5.21 Å². The van der Waals surface area contributed by atoms with E-state index in [-0.39, 0.29) is 0 Å². The van der Waals surface area contributed by atoms with Gasteiger partial charge in [-0.25, -0.2) is 4.74 Å². The molecular weight excluding hydrogens is 290 g/mol. The summed E-state index contributed by atoms with van der Waals surface area (Å²) in [6, 6.07) is 9.61. The van der Waals surface area contributed by atoms with E-state index in [4.69, 9.17) is 9.47 Å². The Labute approximate surface area is 138 Å². The minimum absolute atomic E-state index is 0.381. The van der Waals surface area contributed by atoms with E-state index in [0.717, 1.165) is 36.0 Å². The molecule has 2 aliphatic rings. The Morgan fingerprint density at radius 1 is 1.09 bits per heavy atom. The zero-order chi connectivity index (χ0) is 16.2. The van der Waals surface area contributed by atoms with Crippen LogP contribution in [-0.2, 0) is 9.47 Å². The lowest BCUT2D eigenvalue weighted by molar-refractivity contribution is -0.576. The molecule has 1 aliphatic heterocycles. The number of ether oxygens (including phenoxy) is 2. The van der Waals surface area contributed by atoms with Crippen LogP contribution in [0.4, 0.5) is 0 Å². The van der Waals surface area contributed by atoms with Gasteiger partial charge in [-0.1, -0.05) is 30.7 Å². The highest BCUT2D eigenvalue weighted by atomic mass is 16.7. The number of nitrogens with zero attached hydrogens (tertiary/aromatic N) is 1. The van der Waals surface area contributed by atoms with Crippen molar-refractivity contribution in [3.8, 4) is 0 Å². The van der Waals surface area contributed by atoms with E-state index < -0.39 is 11.3 Å². The first kappa shape index (κ1) is 16.2. The lowest BCUT2D eigenvalue weighted by Gasteiger charge is -2.45. The zero-order valence-corrected chi connectivity index (χ0v) is 13.6. The van der Waals surface area contributed by atoms with Gasteiger partial charge in [0.2, 0.25) is 5.54 Å². The van der Waals surface area contributed by atoms with Gasteiger partial charge in [-0.15, -0.1) is 6.58 Å². The Morgan fingerprint density at radius 2 is 1.74 bits per heavy atom. The van der Waals surface area contributed by atoms with Crippen LogP contribution in [0.15, 0.2) is 43.0 Å². The SMILES string of the molecule is C=CCC1(/[N+]([O-])=C\c2ccccc2)COC2(CCCCC2)OC1. The largest absolute Gasteiger partial charge is 0.623 e. The second kappa shape index (κ2) is 6.85. The monoisotopic (exact) mass is 315 g/mol. The van der Waals surface area contributed by atoms with Gasteiger partial charge >= 0.3 is 0 Å². The topological polar surface area (TPSA) is 44.5 Å². The maximum absolute atomic E-state index is 12.8. The standard InChI is InChI=1S/C19H25NO3/c1-2-11-18(20(21)14-17-9-5-3-6-10-17)15-22-19(23-16-18)12-7-4-8-13-19/h2-3,5-6,9-10,14H,1,4,7-8,11-13,15-16H2/b20-14+. The van der Waals surface area contributed by atoms with Crippen molar-refractivity contribution in [3.63, 3.8) is 0 Å². The maximum Gasteiger partial charge on any atom is 0.222 e. The molecule has 1 spiro atoms. The highest BCUT2D eigenvalue weighted by Gasteiger charge is 2.49. The van der Waals surface area contributed by atoms with Crippen molar-refractivity contribution in [1.82, 2.24) is 0 Å². The highest BCUT2D eigenvalue weighted by molar-refractivity contribution is 5.75. The molecule has 0 atom stereocenters. The van der Waals surface area contributed by atoms with E-state index in [2.05, 4.69) is 6.58 Å². The van der Waals surface area contributed by atoms with Gasteiger partial charge in [0.05, 0.1) is 0 Å². The summed E-state index contributed by atoms with van der Waals surface area (Å²) in [5, 5.41) is 12.8. The van der Waals surface area contributed by atoms with E-state index in [1.807, 2.05) is 30.3 Å². The van der Waals surface area contributed by atoms with Crippen molar-refractivity contribution < 1.29 is 14.2 Å². The molecule has 1 saturated carbocycles. The Kier molecular flexibility index (Phi) is 4.83. The van der Waals surface area contributed by atoms with Gasteiger partial charge in [0.1, 0.15) is 13.2 Å². The lowest BCUT2D eigenvalue weighted by atomic mass is 9.90. The van der Waals surface area contributed by atoms with E-state index in [9.17, 15) is 5.21 Å². The van der Waals surface area contributed by atoms with Gasteiger partial charge in [0, 0.05) is 24.8 Å². The number of hydrogen-bond acceptors (Lipinski definition) is 3. The Hall–Kier alpha value is -1.65. The molecule has 0 N–H and O–H groups in total. The smallest absolute Gasteiger partial charge is 0.222 e. The summed E-state index contributed by atoms with van der Waals surface area (Å²) in [5.74, 6) is -0.462. The molecule has 0 amide bonds. The minimum atomic E-state index is -0.722. The molecule has 0 bridgehead atoms. The summed E-state index contributed by atoms with van der Waals surface area (Å²) in [4.78, 5) is 0. The molecule has 2 fully saturated rings. The van der Waals surface area contributed by atoms with Crippen molar-refractivity contribution in [1.29, 1.82) is 0 Å². The molecule has 23 heavy (non-hydrogen) atoms. The second-order valence-corrected chi connectivity index (χ2v) is 6.63. The van der Waals surface area contributed by atoms with Gasteiger partial charge in [-0.05, 0) is 25.0 Å². The Bertz CT molecular complexity index is 551. The van der Waals surface area contributed by atoms with Crippen molar-refractivity contribution in [3.05, 3.63) is 53.8 Å². The first-order chi connectivity index (χ1) is 11.2. The molecule has 1 aromatic carbocycles. The Balaban J connectivity index is 1.78. The maximum atomic E-state index is 12.8. The molecule has 4 nitrogen and oxygen atoms in total. The third kappa shape index (κ3) is 3.48. The normalized spacial score (nSPS) is 23.6. The molecule has 0 radical (unpaired) electrons. The second-order valence-electron chi connectivity index (χ2n) is 6.63. The average molecular weight is 315 g/mol. The molecule has 0 unspecified atom stereocenters. The predicted octanol–water partition coefficient (Wildman–Crippen LogP) is 3.64. The van der Waals surface area contributed by atoms with Crippen molar-refractivity contribution in [2.45, 2.75) is 49.9 Å². The summed E-state index contributed by atoms with van der Waals surface area (Å²) in [5.41, 5.74) is 0.157. The Morgan fingerprint density at radius 3 is 2.35 bits per heavy atom. The summed E-state index contributed by atoms with van der Waals surface area (Å²) in [6.07, 6.45) is 9.29. The molecule has 4 heteroatoms. The van der Waals surface area contributed by atoms with Gasteiger partial charge in [-0.3, -0.25) is 0 Å². The molecule has 1 aromatic rings. The summed E-state index contributed by atoms with van der Waals surface area (Å²) in [7, 11) is 0. The minimum Gasteiger partial charge on any atom is -0.623 e. The van der Waals surface area contributed by atoms with E-state index in [1.54, 1.807) is 12.3 Å². The fourth-order valence-electron chi connectivity index (χ4n) is 3.41. The van der Waals surface area contributed by atoms with Crippen LogP contribution in [0.3, 0.4) is 0 Å². The molecule has 124 valence electrons. The zero-order valence-electron chi connectivity index (χ0n) is 13.6. The third-order valence-electron chi connectivity index (χ3n) is 4.88. The number of rotatable bonds is 4. The van der Waals surface area contributed by atoms with Crippen molar-refractivity contribution >= 4 is 6.21 Å². The molecule has 1 saturated heterocycles. The fraction of sp³-hybridized carbons (Fsp3) is 0.526. The van der Waals surface area contributed by atoms with Gasteiger partial charge in [-0.2, -0.15) is 0 Å². The van der Waals surface area contributed by atoms with Crippen molar-refractivity contribution in [2.24, 2.45) is 0 Å². The first-order valence-electron chi connectivity index (χ1n) is 8.43. The van der Waals surface area contributed by atoms with Crippen LogP contribution in [0.5, 0.6) is 0 Å². The fourth-order valence-corrected chi connectivity index (χ4v) is 3.41. The van der Waals surface area contributed by atoms with Crippen LogP contribution in [-0.4, -0.2) is 35.5 Å². The number of benzene rings is 1. The highest BCUT2D eigenvalue weighted by Crippen LogP contribution is 2.38. The van der Waals surface area contributed by atoms with Gasteiger partial charge < -0.3 is 14.7 Å². The first-order valence-corrected chi connectivity index (χ1v) is 8.43. The summed E-state index contributed by atoms with van der Waals surface area (Å²) >= 11 is 0. The predicted molar refractivity (Wildman–Crippen MR) is 90.5 cm³/mol. The third-order valence-corrected chi connectivity index (χ3v) is 4.88. The molecular formula is C19H25NO3. The summed E-state index contributed by atoms with van der Waals surface area (Å²) in [6.45, 7) is 4.56.